The molecule has 0 aromatic heterocycles. The number of carbonyl (C=O) groups is 1. The van der Waals surface area contributed by atoms with Crippen LogP contribution in [0.3, 0.4) is 0 Å². The van der Waals surface area contributed by atoms with E-state index in [0.717, 1.165) is 12.0 Å². The Labute approximate surface area is 103 Å². The van der Waals surface area contributed by atoms with Crippen LogP contribution < -0.4 is 5.11 Å². The molecule has 3 nitrogen and oxygen atoms in total. The van der Waals surface area contributed by atoms with Crippen LogP contribution in [0.1, 0.15) is 18.1 Å². The number of halogens is 3. The lowest BCUT2D eigenvalue weighted by Gasteiger charge is -2.27. The van der Waals surface area contributed by atoms with Crippen molar-refractivity contribution in [2.45, 2.75) is 26.1 Å². The molecular formula is C12H13F3NO2-. The average molecular weight is 260 g/mol. The zero-order valence-electron chi connectivity index (χ0n) is 9.83. The number of nitrogens with zero attached hydrogens (tertiary/aromatic N) is 1. The lowest BCUT2D eigenvalue weighted by Crippen LogP contribution is -2.50. The number of hydrogen-bond donors (Lipinski definition) is 0. The highest BCUT2D eigenvalue weighted by molar-refractivity contribution is 5.62. The van der Waals surface area contributed by atoms with E-state index in [-0.39, 0.29) is 6.42 Å². The molecule has 0 spiro atoms. The van der Waals surface area contributed by atoms with E-state index in [9.17, 15) is 23.1 Å². The molecule has 0 fully saturated rings. The third-order valence-corrected chi connectivity index (χ3v) is 2.58. The molecule has 0 radical (unpaired) electrons. The second-order valence-electron chi connectivity index (χ2n) is 3.81. The fraction of sp³-hybridized carbons (Fsp3) is 0.417. The van der Waals surface area contributed by atoms with E-state index in [1.54, 1.807) is 12.1 Å². The largest absolute Gasteiger partial charge is 0.530 e. The summed E-state index contributed by atoms with van der Waals surface area (Å²) >= 11 is 0. The number of aryl methyl sites for hydroxylation is 1. The maximum absolute atomic E-state index is 12.3. The minimum Gasteiger partial charge on any atom is -0.530 e. The molecule has 1 aromatic rings. The normalized spacial score (nSPS) is 11.3. The summed E-state index contributed by atoms with van der Waals surface area (Å²) in [6.07, 6.45) is -6.30. The molecule has 100 valence electrons. The average Bonchev–Trinajstić information content (AvgIpc) is 2.28. The highest BCUT2D eigenvalue weighted by atomic mass is 19.4. The standard InChI is InChI=1S/C12H14F3NO2/c1-2-9-3-5-10(6-4-9)7-8-16(11(17)18)12(13,14)15/h3-6H,2,7-8H2,1H3,(H,17,18)/p-1. The van der Waals surface area contributed by atoms with E-state index < -0.39 is 23.8 Å². The molecule has 0 N–H and O–H groups in total. The Morgan fingerprint density at radius 2 is 1.72 bits per heavy atom. The van der Waals surface area contributed by atoms with Gasteiger partial charge in [-0.05, 0) is 24.0 Å². The predicted octanol–water partition coefficient (Wildman–Crippen LogP) is 1.96. The van der Waals surface area contributed by atoms with E-state index in [1.165, 1.54) is 0 Å². The van der Waals surface area contributed by atoms with Crippen molar-refractivity contribution in [2.24, 2.45) is 0 Å². The van der Waals surface area contributed by atoms with Crippen LogP contribution in [0.15, 0.2) is 24.3 Å². The molecule has 0 aliphatic rings. The fourth-order valence-corrected chi connectivity index (χ4v) is 1.50. The monoisotopic (exact) mass is 260 g/mol. The van der Waals surface area contributed by atoms with Crippen molar-refractivity contribution >= 4 is 6.09 Å². The van der Waals surface area contributed by atoms with E-state index in [0.29, 0.717) is 5.56 Å². The Balaban J connectivity index is 2.64. The predicted molar refractivity (Wildman–Crippen MR) is 57.7 cm³/mol. The van der Waals surface area contributed by atoms with Gasteiger partial charge in [0.05, 0.1) is 0 Å². The third kappa shape index (κ3) is 3.94. The second-order valence-corrected chi connectivity index (χ2v) is 3.81. The summed E-state index contributed by atoms with van der Waals surface area (Å²) in [4.78, 5) is 9.74. The fourth-order valence-electron chi connectivity index (χ4n) is 1.50. The Morgan fingerprint density at radius 3 is 2.11 bits per heavy atom. The Hall–Kier alpha value is -1.72. The number of rotatable bonds is 4. The maximum atomic E-state index is 12.3. The zero-order valence-corrected chi connectivity index (χ0v) is 9.83. The Morgan fingerprint density at radius 1 is 1.22 bits per heavy atom. The molecule has 0 bridgehead atoms. The zero-order chi connectivity index (χ0) is 13.8. The van der Waals surface area contributed by atoms with E-state index >= 15 is 0 Å². The first-order valence-corrected chi connectivity index (χ1v) is 5.47. The summed E-state index contributed by atoms with van der Waals surface area (Å²) < 4.78 is 36.9. The smallest absolute Gasteiger partial charge is 0.485 e. The van der Waals surface area contributed by atoms with E-state index in [4.69, 9.17) is 0 Å². The number of carboxylic acid groups (broad SMARTS) is 1. The van der Waals surface area contributed by atoms with Crippen molar-refractivity contribution in [3.05, 3.63) is 35.4 Å². The van der Waals surface area contributed by atoms with Crippen LogP contribution in [0.2, 0.25) is 0 Å². The van der Waals surface area contributed by atoms with Crippen molar-refractivity contribution in [1.29, 1.82) is 0 Å². The summed E-state index contributed by atoms with van der Waals surface area (Å²) in [6.45, 7) is 1.31. The van der Waals surface area contributed by atoms with Crippen LogP contribution in [0.4, 0.5) is 18.0 Å². The van der Waals surface area contributed by atoms with Gasteiger partial charge in [-0.3, -0.25) is 4.90 Å². The number of hydrogen-bond acceptors (Lipinski definition) is 2. The summed E-state index contributed by atoms with van der Waals surface area (Å²) in [6, 6.07) is 7.02. The van der Waals surface area contributed by atoms with Gasteiger partial charge in [-0.2, -0.15) is 13.2 Å². The van der Waals surface area contributed by atoms with Gasteiger partial charge in [0.15, 0.2) is 0 Å². The van der Waals surface area contributed by atoms with Gasteiger partial charge < -0.3 is 9.90 Å². The van der Waals surface area contributed by atoms with Crippen LogP contribution in [0.5, 0.6) is 0 Å². The van der Waals surface area contributed by atoms with Crippen LogP contribution in [0.25, 0.3) is 0 Å². The van der Waals surface area contributed by atoms with Crippen molar-refractivity contribution in [2.75, 3.05) is 6.54 Å². The van der Waals surface area contributed by atoms with Gasteiger partial charge in [-0.15, -0.1) is 0 Å². The number of amides is 1. The van der Waals surface area contributed by atoms with Gasteiger partial charge >= 0.3 is 6.30 Å². The quantitative estimate of drug-likeness (QED) is 0.777. The van der Waals surface area contributed by atoms with Gasteiger partial charge in [0.1, 0.15) is 6.09 Å². The number of benzene rings is 1. The Bertz CT molecular complexity index is 401. The first-order valence-electron chi connectivity index (χ1n) is 5.47. The molecule has 1 aromatic carbocycles. The first-order chi connectivity index (χ1) is 8.34. The molecule has 0 unspecified atom stereocenters. The lowest BCUT2D eigenvalue weighted by atomic mass is 10.1. The molecule has 1 rings (SSSR count). The third-order valence-electron chi connectivity index (χ3n) is 2.58. The van der Waals surface area contributed by atoms with Crippen molar-refractivity contribution in [1.82, 2.24) is 4.90 Å². The molecule has 6 heteroatoms. The molecule has 0 saturated carbocycles. The molecule has 0 aliphatic heterocycles. The lowest BCUT2D eigenvalue weighted by molar-refractivity contribution is -0.311. The molecular weight excluding hydrogens is 247 g/mol. The summed E-state index contributed by atoms with van der Waals surface area (Å²) in [5, 5.41) is 10.4. The topological polar surface area (TPSA) is 43.4 Å². The highest BCUT2D eigenvalue weighted by Crippen LogP contribution is 2.21. The summed E-state index contributed by atoms with van der Waals surface area (Å²) in [5.74, 6) is 0. The van der Waals surface area contributed by atoms with Crippen molar-refractivity contribution in [3.63, 3.8) is 0 Å². The van der Waals surface area contributed by atoms with Crippen LogP contribution in [-0.4, -0.2) is 23.8 Å². The molecule has 0 atom stereocenters. The molecule has 18 heavy (non-hydrogen) atoms. The van der Waals surface area contributed by atoms with Gasteiger partial charge in [0.25, 0.3) is 0 Å². The van der Waals surface area contributed by atoms with Crippen molar-refractivity contribution < 1.29 is 23.1 Å². The minimum absolute atomic E-state index is 0.00250. The SMILES string of the molecule is CCc1ccc(CCN(C(=O)[O-])C(F)(F)F)cc1. The highest BCUT2D eigenvalue weighted by Gasteiger charge is 2.36. The van der Waals surface area contributed by atoms with Gasteiger partial charge in [0, 0.05) is 6.54 Å². The number of alkyl halides is 3. The summed E-state index contributed by atoms with van der Waals surface area (Å²) in [5.41, 5.74) is 1.73. The van der Waals surface area contributed by atoms with Crippen LogP contribution in [-0.2, 0) is 12.8 Å². The van der Waals surface area contributed by atoms with Gasteiger partial charge in [-0.1, -0.05) is 31.2 Å². The number of carbonyl (C=O) groups excluding carboxylic acids is 1. The molecule has 0 saturated heterocycles. The van der Waals surface area contributed by atoms with Crippen LogP contribution >= 0.6 is 0 Å². The second kappa shape index (κ2) is 5.75. The van der Waals surface area contributed by atoms with Crippen LogP contribution in [0, 0.1) is 0 Å². The Kier molecular flexibility index (Phi) is 4.58. The molecule has 0 heterocycles. The maximum Gasteiger partial charge on any atom is 0.485 e. The molecule has 1 amide bonds. The van der Waals surface area contributed by atoms with Gasteiger partial charge in [0.2, 0.25) is 0 Å². The van der Waals surface area contributed by atoms with Crippen molar-refractivity contribution in [3.8, 4) is 0 Å². The minimum atomic E-state index is -4.91. The van der Waals surface area contributed by atoms with E-state index in [1.807, 2.05) is 19.1 Å². The van der Waals surface area contributed by atoms with E-state index in [2.05, 4.69) is 0 Å². The first kappa shape index (κ1) is 14.3. The van der Waals surface area contributed by atoms with Gasteiger partial charge in [-0.25, -0.2) is 0 Å². The summed E-state index contributed by atoms with van der Waals surface area (Å²) in [7, 11) is 0. The molecule has 0 aliphatic carbocycles.